The highest BCUT2D eigenvalue weighted by Gasteiger charge is 2.19. The van der Waals surface area contributed by atoms with Gasteiger partial charge in [0, 0.05) is 0 Å². The van der Waals surface area contributed by atoms with Crippen molar-refractivity contribution < 1.29 is 20.7 Å². The summed E-state index contributed by atoms with van der Waals surface area (Å²) < 4.78 is 58.7. The molecule has 0 aliphatic carbocycles. The second kappa shape index (κ2) is 4.38. The van der Waals surface area contributed by atoms with Crippen LogP contribution in [0.15, 0.2) is 29.2 Å². The topological polar surface area (TPSA) is 80.3 Å². The van der Waals surface area contributed by atoms with Crippen molar-refractivity contribution in [3.63, 3.8) is 0 Å². The fourth-order valence-electron chi connectivity index (χ4n) is 1.00. The smallest absolute Gasteiger partial charge is 0.282 e. The Labute approximate surface area is 93.6 Å². The number of hydrogen-bond donors (Lipinski definition) is 1. The Morgan fingerprint density at radius 3 is 2.25 bits per heavy atom. The number of nitrogens with one attached hydrogen (secondary N) is 1. The van der Waals surface area contributed by atoms with Gasteiger partial charge in [0.2, 0.25) is 10.0 Å². The molecule has 0 spiro atoms. The van der Waals surface area contributed by atoms with Gasteiger partial charge in [0.05, 0.1) is 11.4 Å². The molecule has 0 atom stereocenters. The number of sulfonamides is 1. The van der Waals surface area contributed by atoms with Gasteiger partial charge in [-0.2, -0.15) is 8.42 Å². The van der Waals surface area contributed by atoms with Gasteiger partial charge in [0.25, 0.3) is 0 Å². The molecule has 16 heavy (non-hydrogen) atoms. The number of halogens is 1. The monoisotopic (exact) mass is 267 g/mol. The second-order valence-electron chi connectivity index (χ2n) is 2.94. The third-order valence-electron chi connectivity index (χ3n) is 1.80. The molecule has 0 aromatic heterocycles. The molecule has 90 valence electrons. The molecule has 0 amide bonds. The van der Waals surface area contributed by atoms with Crippen molar-refractivity contribution in [2.75, 3.05) is 10.5 Å². The van der Waals surface area contributed by atoms with E-state index in [2.05, 4.69) is 0 Å². The molecule has 8 heteroatoms. The molecule has 1 N–H and O–H groups in total. The predicted octanol–water partition coefficient (Wildman–Crippen LogP) is 1.11. The largest absolute Gasteiger partial charge is 0.334 e. The highest BCUT2D eigenvalue weighted by molar-refractivity contribution is 7.92. The van der Waals surface area contributed by atoms with Crippen LogP contribution in [-0.2, 0) is 20.2 Å². The van der Waals surface area contributed by atoms with E-state index in [4.69, 9.17) is 0 Å². The number of anilines is 1. The summed E-state index contributed by atoms with van der Waals surface area (Å²) in [5.74, 6) is -0.229. The van der Waals surface area contributed by atoms with Gasteiger partial charge >= 0.3 is 10.2 Å². The lowest BCUT2D eigenvalue weighted by Gasteiger charge is -2.08. The van der Waals surface area contributed by atoms with Crippen LogP contribution in [0.2, 0.25) is 0 Å². The van der Waals surface area contributed by atoms with E-state index in [1.165, 1.54) is 25.1 Å². The van der Waals surface area contributed by atoms with Crippen LogP contribution in [0.3, 0.4) is 0 Å². The molecule has 5 nitrogen and oxygen atoms in total. The third kappa shape index (κ3) is 3.17. The second-order valence-corrected chi connectivity index (χ2v) is 6.27. The van der Waals surface area contributed by atoms with Crippen molar-refractivity contribution >= 4 is 25.9 Å². The van der Waals surface area contributed by atoms with E-state index in [-0.39, 0.29) is 11.4 Å². The molecular weight excluding hydrogens is 257 g/mol. The summed E-state index contributed by atoms with van der Waals surface area (Å²) in [5, 5.41) is 0. The van der Waals surface area contributed by atoms with Crippen LogP contribution < -0.4 is 4.72 Å². The molecule has 1 rings (SSSR count). The molecule has 0 aliphatic rings. The minimum Gasteiger partial charge on any atom is -0.282 e. The fourth-order valence-corrected chi connectivity index (χ4v) is 2.35. The standard InChI is InChI=1S/C8H10FNO4S2/c1-2-15(11,12)10-7-5-3-4-6-8(7)16(9,13)14/h3-6,10H,2H2,1H3. The molecule has 0 radical (unpaired) electrons. The molecule has 0 saturated heterocycles. The van der Waals surface area contributed by atoms with Crippen molar-refractivity contribution in [1.82, 2.24) is 0 Å². The molecule has 1 aromatic carbocycles. The summed E-state index contributed by atoms with van der Waals surface area (Å²) in [5.41, 5.74) is -0.285. The van der Waals surface area contributed by atoms with Gasteiger partial charge in [-0.3, -0.25) is 4.72 Å². The number of rotatable bonds is 4. The summed E-state index contributed by atoms with van der Waals surface area (Å²) in [6, 6.07) is 4.88. The van der Waals surface area contributed by atoms with Crippen molar-refractivity contribution in [2.45, 2.75) is 11.8 Å². The minimum absolute atomic E-state index is 0.229. The zero-order chi connectivity index (χ0) is 12.4. The molecular formula is C8H10FNO4S2. The molecule has 1 aromatic rings. The first-order valence-electron chi connectivity index (χ1n) is 4.30. The van der Waals surface area contributed by atoms with Crippen molar-refractivity contribution in [2.24, 2.45) is 0 Å². The summed E-state index contributed by atoms with van der Waals surface area (Å²) >= 11 is 0. The Bertz CT molecular complexity index is 580. The maximum absolute atomic E-state index is 12.8. The third-order valence-corrected chi connectivity index (χ3v) is 3.97. The van der Waals surface area contributed by atoms with Crippen LogP contribution in [0.25, 0.3) is 0 Å². The van der Waals surface area contributed by atoms with Gasteiger partial charge in [-0.25, -0.2) is 8.42 Å². The fraction of sp³-hybridized carbons (Fsp3) is 0.250. The SMILES string of the molecule is CCS(=O)(=O)Nc1ccccc1S(=O)(=O)F. The van der Waals surface area contributed by atoms with Crippen LogP contribution >= 0.6 is 0 Å². The Kier molecular flexibility index (Phi) is 3.54. The summed E-state index contributed by atoms with van der Waals surface area (Å²) in [4.78, 5) is -0.688. The molecule has 0 bridgehead atoms. The summed E-state index contributed by atoms with van der Waals surface area (Å²) in [6.07, 6.45) is 0. The van der Waals surface area contributed by atoms with Crippen LogP contribution in [0.5, 0.6) is 0 Å². The zero-order valence-corrected chi connectivity index (χ0v) is 9.98. The zero-order valence-electron chi connectivity index (χ0n) is 8.34. The Morgan fingerprint density at radius 2 is 1.75 bits per heavy atom. The van der Waals surface area contributed by atoms with Crippen LogP contribution in [-0.4, -0.2) is 22.6 Å². The van der Waals surface area contributed by atoms with Crippen molar-refractivity contribution in [3.8, 4) is 0 Å². The predicted molar refractivity (Wildman–Crippen MR) is 57.8 cm³/mol. The van der Waals surface area contributed by atoms with Gasteiger partial charge in [0.1, 0.15) is 4.90 Å². The highest BCUT2D eigenvalue weighted by atomic mass is 32.3. The average molecular weight is 267 g/mol. The lowest BCUT2D eigenvalue weighted by Crippen LogP contribution is -2.16. The summed E-state index contributed by atoms with van der Waals surface area (Å²) in [6.45, 7) is 1.38. The molecule has 0 unspecified atom stereocenters. The van der Waals surface area contributed by atoms with E-state index in [1.54, 1.807) is 0 Å². The van der Waals surface area contributed by atoms with Crippen LogP contribution in [0, 0.1) is 0 Å². The first-order chi connectivity index (χ1) is 7.26. The Balaban J connectivity index is 3.26. The van der Waals surface area contributed by atoms with Gasteiger partial charge in [-0.05, 0) is 19.1 Å². The molecule has 0 fully saturated rings. The van der Waals surface area contributed by atoms with Gasteiger partial charge in [-0.1, -0.05) is 12.1 Å². The van der Waals surface area contributed by atoms with E-state index in [9.17, 15) is 20.7 Å². The van der Waals surface area contributed by atoms with Crippen molar-refractivity contribution in [3.05, 3.63) is 24.3 Å². The van der Waals surface area contributed by atoms with Crippen LogP contribution in [0.4, 0.5) is 9.57 Å². The quantitative estimate of drug-likeness (QED) is 0.828. The maximum atomic E-state index is 12.8. The molecule has 0 heterocycles. The van der Waals surface area contributed by atoms with Gasteiger partial charge < -0.3 is 0 Å². The maximum Gasteiger partial charge on any atom is 0.334 e. The van der Waals surface area contributed by atoms with E-state index in [0.29, 0.717) is 0 Å². The van der Waals surface area contributed by atoms with E-state index in [1.807, 2.05) is 4.72 Å². The van der Waals surface area contributed by atoms with Crippen molar-refractivity contribution in [1.29, 1.82) is 0 Å². The normalized spacial score (nSPS) is 12.4. The molecule has 0 saturated carbocycles. The Hall–Kier alpha value is -1.15. The van der Waals surface area contributed by atoms with Gasteiger partial charge in [-0.15, -0.1) is 3.89 Å². The van der Waals surface area contributed by atoms with E-state index < -0.39 is 25.1 Å². The van der Waals surface area contributed by atoms with E-state index in [0.717, 1.165) is 6.07 Å². The lowest BCUT2D eigenvalue weighted by atomic mass is 10.3. The average Bonchev–Trinajstić information content (AvgIpc) is 2.16. The Morgan fingerprint density at radius 1 is 1.19 bits per heavy atom. The lowest BCUT2D eigenvalue weighted by molar-refractivity contribution is 0.552. The summed E-state index contributed by atoms with van der Waals surface area (Å²) in [7, 11) is -8.58. The first-order valence-corrected chi connectivity index (χ1v) is 7.34. The minimum atomic E-state index is -4.94. The first kappa shape index (κ1) is 12.9. The van der Waals surface area contributed by atoms with Gasteiger partial charge in [0.15, 0.2) is 0 Å². The number of hydrogen-bond acceptors (Lipinski definition) is 4. The number of benzene rings is 1. The molecule has 0 aliphatic heterocycles. The highest BCUT2D eigenvalue weighted by Crippen LogP contribution is 2.23. The van der Waals surface area contributed by atoms with Crippen LogP contribution in [0.1, 0.15) is 6.92 Å². The number of para-hydroxylation sites is 1. The van der Waals surface area contributed by atoms with E-state index >= 15 is 0 Å².